The molecule has 0 radical (unpaired) electrons. The second-order valence-electron chi connectivity index (χ2n) is 6.91. The fourth-order valence-corrected chi connectivity index (χ4v) is 3.91. The largest absolute Gasteiger partial charge is 0.396 e. The van der Waals surface area contributed by atoms with E-state index in [2.05, 4.69) is 11.8 Å². The Kier molecular flexibility index (Phi) is 4.88. The first kappa shape index (κ1) is 17.3. The summed E-state index contributed by atoms with van der Waals surface area (Å²) in [7, 11) is 0. The van der Waals surface area contributed by atoms with Crippen LogP contribution in [0, 0.1) is 17.0 Å². The zero-order valence-corrected chi connectivity index (χ0v) is 14.0. The van der Waals surface area contributed by atoms with Crippen LogP contribution in [0.5, 0.6) is 0 Å². The number of para-hydroxylation sites is 1. The van der Waals surface area contributed by atoms with E-state index in [0.29, 0.717) is 13.0 Å². The number of benzene rings is 1. The zero-order valence-electron chi connectivity index (χ0n) is 14.0. The molecule has 1 N–H and O–H groups in total. The summed E-state index contributed by atoms with van der Waals surface area (Å²) < 4.78 is 27.9. The van der Waals surface area contributed by atoms with Gasteiger partial charge >= 0.3 is 0 Å². The standard InChI is InChI=1S/C18H24F2N2O2/c1-2-18(12-23)7-10-21(11-8-18)15-6-9-22(17(15)24)16-13(19)4-3-5-14(16)20/h3-5,15,23H,2,6-12H2,1H3. The number of rotatable bonds is 4. The van der Waals surface area contributed by atoms with Crippen molar-refractivity contribution in [2.75, 3.05) is 31.1 Å². The van der Waals surface area contributed by atoms with Crippen LogP contribution in [0.3, 0.4) is 0 Å². The fourth-order valence-electron chi connectivity index (χ4n) is 3.91. The number of hydrogen-bond donors (Lipinski definition) is 1. The molecule has 0 bridgehead atoms. The average Bonchev–Trinajstić information content (AvgIpc) is 2.96. The lowest BCUT2D eigenvalue weighted by atomic mass is 9.76. The normalized spacial score (nSPS) is 24.6. The van der Waals surface area contributed by atoms with Gasteiger partial charge in [-0.2, -0.15) is 0 Å². The van der Waals surface area contributed by atoms with E-state index in [9.17, 15) is 18.7 Å². The maximum absolute atomic E-state index is 14.0. The molecule has 1 unspecified atom stereocenters. The van der Waals surface area contributed by atoms with Crippen molar-refractivity contribution in [1.82, 2.24) is 4.90 Å². The van der Waals surface area contributed by atoms with Crippen molar-refractivity contribution < 1.29 is 18.7 Å². The van der Waals surface area contributed by atoms with Crippen molar-refractivity contribution in [1.29, 1.82) is 0 Å². The molecule has 1 aromatic rings. The van der Waals surface area contributed by atoms with E-state index in [1.54, 1.807) is 0 Å². The molecule has 1 aromatic carbocycles. The van der Waals surface area contributed by atoms with E-state index in [1.807, 2.05) is 0 Å². The second-order valence-corrected chi connectivity index (χ2v) is 6.91. The Morgan fingerprint density at radius 3 is 2.38 bits per heavy atom. The number of anilines is 1. The van der Waals surface area contributed by atoms with Crippen LogP contribution in [0.25, 0.3) is 0 Å². The van der Waals surface area contributed by atoms with Gasteiger partial charge in [0.25, 0.3) is 0 Å². The summed E-state index contributed by atoms with van der Waals surface area (Å²) >= 11 is 0. The summed E-state index contributed by atoms with van der Waals surface area (Å²) in [5, 5.41) is 9.62. The highest BCUT2D eigenvalue weighted by Crippen LogP contribution is 2.37. The molecule has 0 aromatic heterocycles. The highest BCUT2D eigenvalue weighted by molar-refractivity contribution is 5.99. The van der Waals surface area contributed by atoms with Gasteiger partial charge in [0.2, 0.25) is 5.91 Å². The van der Waals surface area contributed by atoms with Gasteiger partial charge in [0, 0.05) is 13.2 Å². The van der Waals surface area contributed by atoms with Gasteiger partial charge < -0.3 is 10.0 Å². The van der Waals surface area contributed by atoms with E-state index in [1.165, 1.54) is 23.1 Å². The lowest BCUT2D eigenvalue weighted by molar-refractivity contribution is -0.122. The number of carbonyl (C=O) groups is 1. The van der Waals surface area contributed by atoms with Gasteiger partial charge in [-0.15, -0.1) is 0 Å². The third kappa shape index (κ3) is 2.93. The second kappa shape index (κ2) is 6.76. The van der Waals surface area contributed by atoms with E-state index in [-0.39, 0.29) is 29.7 Å². The van der Waals surface area contributed by atoms with E-state index >= 15 is 0 Å². The quantitative estimate of drug-likeness (QED) is 0.918. The molecule has 2 saturated heterocycles. The minimum Gasteiger partial charge on any atom is -0.396 e. The van der Waals surface area contributed by atoms with Gasteiger partial charge in [0.15, 0.2) is 0 Å². The number of halogens is 2. The molecule has 0 spiro atoms. The van der Waals surface area contributed by atoms with Gasteiger partial charge in [-0.3, -0.25) is 9.69 Å². The molecule has 1 atom stereocenters. The molecule has 132 valence electrons. The predicted molar refractivity (Wildman–Crippen MR) is 87.7 cm³/mol. The van der Waals surface area contributed by atoms with Crippen LogP contribution in [-0.2, 0) is 4.79 Å². The number of hydrogen-bond acceptors (Lipinski definition) is 3. The number of nitrogens with zero attached hydrogens (tertiary/aromatic N) is 2. The Hall–Kier alpha value is -1.53. The van der Waals surface area contributed by atoms with Gasteiger partial charge in [-0.1, -0.05) is 13.0 Å². The average molecular weight is 338 g/mol. The van der Waals surface area contributed by atoms with E-state index in [0.717, 1.165) is 32.4 Å². The lowest BCUT2D eigenvalue weighted by Crippen LogP contribution is -2.49. The third-order valence-electron chi connectivity index (χ3n) is 5.77. The Morgan fingerprint density at radius 1 is 1.21 bits per heavy atom. The maximum atomic E-state index is 14.0. The highest BCUT2D eigenvalue weighted by atomic mass is 19.1. The van der Waals surface area contributed by atoms with Crippen molar-refractivity contribution >= 4 is 11.6 Å². The molecule has 4 nitrogen and oxygen atoms in total. The smallest absolute Gasteiger partial charge is 0.244 e. The minimum absolute atomic E-state index is 0.0461. The first-order valence-electron chi connectivity index (χ1n) is 8.61. The van der Waals surface area contributed by atoms with Crippen molar-refractivity contribution in [3.63, 3.8) is 0 Å². The van der Waals surface area contributed by atoms with Crippen LogP contribution in [0.2, 0.25) is 0 Å². The summed E-state index contributed by atoms with van der Waals surface area (Å²) in [4.78, 5) is 16.1. The summed E-state index contributed by atoms with van der Waals surface area (Å²) in [5.41, 5.74) is -0.282. The molecule has 0 saturated carbocycles. The first-order valence-corrected chi connectivity index (χ1v) is 8.61. The summed E-state index contributed by atoms with van der Waals surface area (Å²) in [6.07, 6.45) is 3.18. The number of piperidine rings is 1. The van der Waals surface area contributed by atoms with Crippen molar-refractivity contribution in [2.24, 2.45) is 5.41 Å². The van der Waals surface area contributed by atoms with Crippen molar-refractivity contribution in [2.45, 2.75) is 38.6 Å². The third-order valence-corrected chi connectivity index (χ3v) is 5.77. The summed E-state index contributed by atoms with van der Waals surface area (Å²) in [6, 6.07) is 3.33. The van der Waals surface area contributed by atoms with Crippen molar-refractivity contribution in [3.8, 4) is 0 Å². The molecule has 2 heterocycles. The van der Waals surface area contributed by atoms with Crippen LogP contribution in [-0.4, -0.2) is 48.2 Å². The number of amides is 1. The highest BCUT2D eigenvalue weighted by Gasteiger charge is 2.42. The molecule has 0 aliphatic carbocycles. The molecule has 2 fully saturated rings. The molecule has 1 amide bonds. The topological polar surface area (TPSA) is 43.8 Å². The van der Waals surface area contributed by atoms with Gasteiger partial charge in [0.05, 0.1) is 6.04 Å². The lowest BCUT2D eigenvalue weighted by Gasteiger charge is -2.42. The maximum Gasteiger partial charge on any atom is 0.244 e. The van der Waals surface area contributed by atoms with Crippen LogP contribution >= 0.6 is 0 Å². The number of carbonyl (C=O) groups excluding carboxylic acids is 1. The Balaban J connectivity index is 1.72. The van der Waals surface area contributed by atoms with Crippen LogP contribution in [0.4, 0.5) is 14.5 Å². The first-order chi connectivity index (χ1) is 11.5. The van der Waals surface area contributed by atoms with Crippen LogP contribution < -0.4 is 4.90 Å². The Morgan fingerprint density at radius 2 is 1.83 bits per heavy atom. The Labute approximate surface area is 141 Å². The predicted octanol–water partition coefficient (Wildman–Crippen LogP) is 2.55. The van der Waals surface area contributed by atoms with E-state index < -0.39 is 11.6 Å². The number of likely N-dealkylation sites (tertiary alicyclic amines) is 1. The molecular weight excluding hydrogens is 314 g/mol. The zero-order chi connectivity index (χ0) is 17.3. The SMILES string of the molecule is CCC1(CO)CCN(C2CCN(c3c(F)cccc3F)C2=O)CC1. The van der Waals surface area contributed by atoms with Gasteiger partial charge in [-0.25, -0.2) is 8.78 Å². The monoisotopic (exact) mass is 338 g/mol. The van der Waals surface area contributed by atoms with Gasteiger partial charge in [-0.05, 0) is 56.3 Å². The van der Waals surface area contributed by atoms with Gasteiger partial charge in [0.1, 0.15) is 17.3 Å². The summed E-state index contributed by atoms with van der Waals surface area (Å²) in [5.74, 6) is -1.63. The Bertz CT molecular complexity index is 589. The molecule has 2 aliphatic rings. The van der Waals surface area contributed by atoms with Crippen LogP contribution in [0.1, 0.15) is 32.6 Å². The minimum atomic E-state index is -0.701. The van der Waals surface area contributed by atoms with Crippen LogP contribution in [0.15, 0.2) is 18.2 Å². The fraction of sp³-hybridized carbons (Fsp3) is 0.611. The number of aliphatic hydroxyl groups excluding tert-OH is 1. The van der Waals surface area contributed by atoms with E-state index in [4.69, 9.17) is 0 Å². The molecule has 2 aliphatic heterocycles. The van der Waals surface area contributed by atoms with Crippen molar-refractivity contribution in [3.05, 3.63) is 29.8 Å². The number of aliphatic hydroxyl groups is 1. The molecular formula is C18H24F2N2O2. The summed E-state index contributed by atoms with van der Waals surface area (Å²) in [6.45, 7) is 4.05. The molecule has 24 heavy (non-hydrogen) atoms. The molecule has 6 heteroatoms. The molecule has 3 rings (SSSR count).